The molecule has 0 heterocycles. The molecule has 0 spiro atoms. The molecule has 0 aliphatic carbocycles. The average molecular weight is 404 g/mol. The van der Waals surface area contributed by atoms with Gasteiger partial charge in [0.15, 0.2) is 16.4 Å². The summed E-state index contributed by atoms with van der Waals surface area (Å²) in [6.45, 7) is 2.92. The van der Waals surface area contributed by atoms with Crippen LogP contribution in [0.15, 0.2) is 59.5 Å². The number of sulfone groups is 1. The number of nitrogens with one attached hydrogen (secondary N) is 1. The smallest absolute Gasteiger partial charge is 0.339 e. The molecule has 0 fully saturated rings. The summed E-state index contributed by atoms with van der Waals surface area (Å²) in [6.07, 6.45) is 1.58. The number of rotatable bonds is 9. The molecule has 0 saturated heterocycles. The zero-order valence-corrected chi connectivity index (χ0v) is 16.9. The summed E-state index contributed by atoms with van der Waals surface area (Å²) in [7, 11) is -3.57. The molecule has 0 aromatic heterocycles. The van der Waals surface area contributed by atoms with Crippen LogP contribution < -0.4 is 5.32 Å². The Balaban J connectivity index is 1.87. The number of hydrogen-bond acceptors (Lipinski definition) is 5. The van der Waals surface area contributed by atoms with Gasteiger partial charge in [0, 0.05) is 6.04 Å². The minimum Gasteiger partial charge on any atom is -0.452 e. The monoisotopic (exact) mass is 403 g/mol. The van der Waals surface area contributed by atoms with Crippen LogP contribution in [0.25, 0.3) is 0 Å². The van der Waals surface area contributed by atoms with Crippen molar-refractivity contribution in [3.63, 3.8) is 0 Å². The second-order valence-corrected chi connectivity index (χ2v) is 8.72. The third-order valence-corrected chi connectivity index (χ3v) is 6.06. The number of benzene rings is 2. The van der Waals surface area contributed by atoms with Gasteiger partial charge in [0.1, 0.15) is 0 Å². The molecule has 0 aliphatic heterocycles. The van der Waals surface area contributed by atoms with Crippen LogP contribution in [-0.2, 0) is 25.8 Å². The minimum atomic E-state index is -3.57. The highest BCUT2D eigenvalue weighted by atomic mass is 32.2. The van der Waals surface area contributed by atoms with Crippen molar-refractivity contribution in [1.29, 1.82) is 0 Å². The molecule has 28 heavy (non-hydrogen) atoms. The highest BCUT2D eigenvalue weighted by Gasteiger charge is 2.22. The Morgan fingerprint density at radius 1 is 1.04 bits per heavy atom. The zero-order valence-electron chi connectivity index (χ0n) is 16.1. The highest BCUT2D eigenvalue weighted by molar-refractivity contribution is 7.91. The quantitative estimate of drug-likeness (QED) is 0.650. The first-order valence-electron chi connectivity index (χ1n) is 9.15. The molecule has 1 atom stereocenters. The van der Waals surface area contributed by atoms with Crippen molar-refractivity contribution < 1.29 is 22.7 Å². The summed E-state index contributed by atoms with van der Waals surface area (Å²) in [6, 6.07) is 15.7. The Labute approximate surface area is 165 Å². The molecule has 2 aromatic rings. The van der Waals surface area contributed by atoms with Crippen molar-refractivity contribution in [2.24, 2.45) is 0 Å². The number of carbonyl (C=O) groups excluding carboxylic acids is 2. The van der Waals surface area contributed by atoms with Crippen LogP contribution in [0.5, 0.6) is 0 Å². The van der Waals surface area contributed by atoms with Crippen LogP contribution in [-0.4, -0.2) is 38.7 Å². The zero-order chi connectivity index (χ0) is 20.6. The standard InChI is InChI=1S/C21H25NO5S/c1-3-28(25,26)19-12-8-7-11-18(19)21(24)27-15-20(23)22-16(2)13-14-17-9-5-4-6-10-17/h4-12,16H,3,13-15H2,1-2H3,(H,22,23)/t16-/m0/s1. The Kier molecular flexibility index (Phi) is 7.75. The van der Waals surface area contributed by atoms with Gasteiger partial charge in [0.2, 0.25) is 0 Å². The van der Waals surface area contributed by atoms with Crippen molar-refractivity contribution in [2.75, 3.05) is 12.4 Å². The van der Waals surface area contributed by atoms with Crippen LogP contribution in [0.2, 0.25) is 0 Å². The van der Waals surface area contributed by atoms with E-state index in [-0.39, 0.29) is 22.3 Å². The van der Waals surface area contributed by atoms with E-state index in [0.29, 0.717) is 0 Å². The summed E-state index contributed by atoms with van der Waals surface area (Å²) in [5.41, 5.74) is 1.12. The van der Waals surface area contributed by atoms with Gasteiger partial charge in [0.05, 0.1) is 16.2 Å². The predicted molar refractivity (Wildman–Crippen MR) is 107 cm³/mol. The molecule has 2 rings (SSSR count). The molecule has 0 saturated carbocycles. The normalized spacial score (nSPS) is 12.2. The molecule has 0 bridgehead atoms. The van der Waals surface area contributed by atoms with Crippen LogP contribution in [0.3, 0.4) is 0 Å². The first-order valence-corrected chi connectivity index (χ1v) is 10.8. The number of amides is 1. The van der Waals surface area contributed by atoms with Gasteiger partial charge in [-0.25, -0.2) is 13.2 Å². The number of aryl methyl sites for hydroxylation is 1. The van der Waals surface area contributed by atoms with Crippen molar-refractivity contribution in [3.8, 4) is 0 Å². The second-order valence-electron chi connectivity index (χ2n) is 6.47. The third-order valence-electron chi connectivity index (χ3n) is 4.27. The lowest BCUT2D eigenvalue weighted by molar-refractivity contribution is -0.124. The van der Waals surface area contributed by atoms with E-state index in [4.69, 9.17) is 4.74 Å². The van der Waals surface area contributed by atoms with Gasteiger partial charge in [-0.2, -0.15) is 0 Å². The van der Waals surface area contributed by atoms with Gasteiger partial charge in [-0.1, -0.05) is 49.4 Å². The van der Waals surface area contributed by atoms with E-state index in [1.807, 2.05) is 37.3 Å². The van der Waals surface area contributed by atoms with Crippen LogP contribution in [0.1, 0.15) is 36.2 Å². The average Bonchev–Trinajstić information content (AvgIpc) is 2.71. The predicted octanol–water partition coefficient (Wildman–Crippen LogP) is 2.77. The fraction of sp³-hybridized carbons (Fsp3) is 0.333. The number of hydrogen-bond donors (Lipinski definition) is 1. The Bertz CT molecular complexity index is 909. The maximum atomic E-state index is 12.3. The van der Waals surface area contributed by atoms with Crippen LogP contribution in [0, 0.1) is 0 Å². The van der Waals surface area contributed by atoms with E-state index in [1.54, 1.807) is 12.1 Å². The molecule has 7 heteroatoms. The van der Waals surface area contributed by atoms with Crippen LogP contribution in [0.4, 0.5) is 0 Å². The van der Waals surface area contributed by atoms with Gasteiger partial charge in [-0.05, 0) is 37.5 Å². The molecule has 6 nitrogen and oxygen atoms in total. The molecule has 1 amide bonds. The lowest BCUT2D eigenvalue weighted by atomic mass is 10.1. The molecule has 150 valence electrons. The first kappa shape index (κ1) is 21.6. The summed E-state index contributed by atoms with van der Waals surface area (Å²) >= 11 is 0. The number of ether oxygens (including phenoxy) is 1. The fourth-order valence-electron chi connectivity index (χ4n) is 2.69. The molecule has 0 unspecified atom stereocenters. The van der Waals surface area contributed by atoms with Crippen molar-refractivity contribution in [2.45, 2.75) is 37.6 Å². The SMILES string of the molecule is CCS(=O)(=O)c1ccccc1C(=O)OCC(=O)N[C@@H](C)CCc1ccccc1. The molecule has 0 aliphatic rings. The highest BCUT2D eigenvalue weighted by Crippen LogP contribution is 2.18. The first-order chi connectivity index (χ1) is 13.3. The van der Waals surface area contributed by atoms with E-state index in [0.717, 1.165) is 12.8 Å². The van der Waals surface area contributed by atoms with Crippen molar-refractivity contribution in [1.82, 2.24) is 5.32 Å². The second kappa shape index (κ2) is 10.0. The van der Waals surface area contributed by atoms with Crippen LogP contribution >= 0.6 is 0 Å². The third kappa shape index (κ3) is 6.20. The lowest BCUT2D eigenvalue weighted by Crippen LogP contribution is -2.36. The molecular weight excluding hydrogens is 378 g/mol. The Hall–Kier alpha value is -2.67. The molecule has 2 aromatic carbocycles. The van der Waals surface area contributed by atoms with Gasteiger partial charge in [-0.15, -0.1) is 0 Å². The van der Waals surface area contributed by atoms with Gasteiger partial charge in [0.25, 0.3) is 5.91 Å². The lowest BCUT2D eigenvalue weighted by Gasteiger charge is -2.14. The maximum absolute atomic E-state index is 12.3. The number of carbonyl (C=O) groups is 2. The molecular formula is C21H25NO5S. The van der Waals surface area contributed by atoms with Crippen molar-refractivity contribution in [3.05, 3.63) is 65.7 Å². The van der Waals surface area contributed by atoms with Gasteiger partial charge < -0.3 is 10.1 Å². The summed E-state index contributed by atoms with van der Waals surface area (Å²) in [5, 5.41) is 2.78. The fourth-order valence-corrected chi connectivity index (χ4v) is 3.77. The molecule has 0 radical (unpaired) electrons. The van der Waals surface area contributed by atoms with E-state index in [9.17, 15) is 18.0 Å². The Morgan fingerprint density at radius 3 is 2.36 bits per heavy atom. The van der Waals surface area contributed by atoms with E-state index in [2.05, 4.69) is 5.32 Å². The summed E-state index contributed by atoms with van der Waals surface area (Å²) < 4.78 is 29.2. The number of esters is 1. The largest absolute Gasteiger partial charge is 0.452 e. The van der Waals surface area contributed by atoms with Crippen molar-refractivity contribution >= 4 is 21.7 Å². The Morgan fingerprint density at radius 2 is 1.68 bits per heavy atom. The maximum Gasteiger partial charge on any atom is 0.339 e. The van der Waals surface area contributed by atoms with Gasteiger partial charge >= 0.3 is 5.97 Å². The van der Waals surface area contributed by atoms with E-state index < -0.39 is 28.3 Å². The summed E-state index contributed by atoms with van der Waals surface area (Å²) in [4.78, 5) is 24.2. The van der Waals surface area contributed by atoms with Gasteiger partial charge in [-0.3, -0.25) is 4.79 Å². The molecule has 1 N–H and O–H groups in total. The minimum absolute atomic E-state index is 0.0609. The van der Waals surface area contributed by atoms with E-state index in [1.165, 1.54) is 24.6 Å². The topological polar surface area (TPSA) is 89.5 Å². The van der Waals surface area contributed by atoms with E-state index >= 15 is 0 Å². The summed E-state index contributed by atoms with van der Waals surface area (Å²) in [5.74, 6) is -1.39.